The molecule has 1 N–H and O–H groups in total. The van der Waals surface area contributed by atoms with Crippen LogP contribution in [-0.4, -0.2) is 87.1 Å². The van der Waals surface area contributed by atoms with E-state index in [1.807, 2.05) is 25.1 Å². The average Bonchev–Trinajstić information content (AvgIpc) is 3.63. The quantitative estimate of drug-likeness (QED) is 0.328. The van der Waals surface area contributed by atoms with Gasteiger partial charge in [0.1, 0.15) is 11.5 Å². The molecule has 2 amide bonds. The first-order valence-electron chi connectivity index (χ1n) is 14.1. The highest BCUT2D eigenvalue weighted by Gasteiger charge is 2.30. The zero-order valence-electron chi connectivity index (χ0n) is 24.3. The summed E-state index contributed by atoms with van der Waals surface area (Å²) in [7, 11) is -4.07. The molecule has 2 aliphatic heterocycles. The molecule has 1 fully saturated rings. The van der Waals surface area contributed by atoms with Gasteiger partial charge in [-0.05, 0) is 61.0 Å². The molecule has 0 spiro atoms. The highest BCUT2D eigenvalue weighted by Crippen LogP contribution is 2.33. The maximum Gasteiger partial charge on any atom is 0.243 e. The summed E-state index contributed by atoms with van der Waals surface area (Å²) >= 11 is 0. The number of nitrogens with one attached hydrogen (secondary N) is 1. The summed E-state index contributed by atoms with van der Waals surface area (Å²) in [5.74, 6) is 1.88. The lowest BCUT2D eigenvalue weighted by Gasteiger charge is -2.31. The number of sulfonamides is 1. The molecule has 0 unspecified atom stereocenters. The number of nitrogens with zero attached hydrogens (tertiary/aromatic N) is 3. The monoisotopic (exact) mass is 612 g/mol. The molecule has 1 saturated heterocycles. The molecule has 0 bridgehead atoms. The topological polar surface area (TPSA) is 131 Å². The van der Waals surface area contributed by atoms with Gasteiger partial charge in [0.25, 0.3) is 0 Å². The lowest BCUT2D eigenvalue weighted by molar-refractivity contribution is -0.133. The molecule has 13 heteroatoms. The second-order valence-corrected chi connectivity index (χ2v) is 12.4. The molecule has 0 aliphatic carbocycles. The maximum absolute atomic E-state index is 13.9. The maximum atomic E-state index is 13.9. The van der Waals surface area contributed by atoms with E-state index in [1.54, 1.807) is 17.0 Å². The summed E-state index contributed by atoms with van der Waals surface area (Å²) in [6.07, 6.45) is 0. The zero-order chi connectivity index (χ0) is 30.4. The van der Waals surface area contributed by atoms with E-state index in [9.17, 15) is 18.0 Å². The molecule has 3 aromatic rings. The van der Waals surface area contributed by atoms with E-state index in [2.05, 4.69) is 10.2 Å². The fourth-order valence-corrected chi connectivity index (χ4v) is 6.31. The number of rotatable bonds is 12. The van der Waals surface area contributed by atoms with Crippen LogP contribution in [0.1, 0.15) is 24.0 Å². The van der Waals surface area contributed by atoms with E-state index < -0.39 is 10.0 Å². The highest BCUT2D eigenvalue weighted by molar-refractivity contribution is 7.89. The van der Waals surface area contributed by atoms with Crippen molar-refractivity contribution in [2.75, 3.05) is 58.0 Å². The third kappa shape index (κ3) is 7.93. The average molecular weight is 613 g/mol. The fraction of sp³-hybridized carbons (Fsp3) is 0.400. The molecule has 2 aromatic carbocycles. The van der Waals surface area contributed by atoms with E-state index in [0.29, 0.717) is 61.6 Å². The van der Waals surface area contributed by atoms with Crippen LogP contribution < -0.4 is 14.8 Å². The Labute approximate surface area is 251 Å². The number of benzene rings is 2. The summed E-state index contributed by atoms with van der Waals surface area (Å²) in [5, 5.41) is 2.64. The second kappa shape index (κ2) is 13.6. The lowest BCUT2D eigenvalue weighted by Crippen LogP contribution is -2.47. The van der Waals surface area contributed by atoms with Crippen molar-refractivity contribution in [2.24, 2.45) is 0 Å². The SMILES string of the molecule is CC(=O)Nc1ccc(S(=O)(=O)N(CCN2CCOCC2)CC(=O)N(Cc2ccc3c(c2)OCO3)Cc2ccc(C)o2)cc1. The van der Waals surface area contributed by atoms with Gasteiger partial charge >= 0.3 is 0 Å². The minimum Gasteiger partial charge on any atom is -0.464 e. The normalized spacial score (nSPS) is 15.0. The Morgan fingerprint density at radius 1 is 0.953 bits per heavy atom. The van der Waals surface area contributed by atoms with Crippen LogP contribution in [0.3, 0.4) is 0 Å². The van der Waals surface area contributed by atoms with Gasteiger partial charge in [-0.2, -0.15) is 4.31 Å². The molecule has 1 aromatic heterocycles. The smallest absolute Gasteiger partial charge is 0.243 e. The molecule has 0 radical (unpaired) electrons. The van der Waals surface area contributed by atoms with Crippen LogP contribution >= 0.6 is 0 Å². The van der Waals surface area contributed by atoms with Gasteiger partial charge in [0.15, 0.2) is 11.5 Å². The van der Waals surface area contributed by atoms with Crippen LogP contribution in [0.4, 0.5) is 5.69 Å². The van der Waals surface area contributed by atoms with Gasteiger partial charge in [0.05, 0.1) is 31.2 Å². The van der Waals surface area contributed by atoms with Crippen LogP contribution in [0.2, 0.25) is 0 Å². The minimum atomic E-state index is -4.07. The Morgan fingerprint density at radius 3 is 2.40 bits per heavy atom. The Hall–Kier alpha value is -3.91. The number of morpholine rings is 1. The molecular formula is C30H36N4O8S. The summed E-state index contributed by atoms with van der Waals surface area (Å²) < 4.78 is 51.2. The summed E-state index contributed by atoms with van der Waals surface area (Å²) in [5.41, 5.74) is 1.28. The number of furan rings is 1. The van der Waals surface area contributed by atoms with Crippen LogP contribution in [0.15, 0.2) is 63.9 Å². The minimum absolute atomic E-state index is 0.0281. The molecule has 230 valence electrons. The van der Waals surface area contributed by atoms with Crippen molar-refractivity contribution < 1.29 is 36.6 Å². The first kappa shape index (κ1) is 30.5. The number of fused-ring (bicyclic) bond motifs is 1. The number of amides is 2. The largest absolute Gasteiger partial charge is 0.464 e. The number of hydrogen-bond acceptors (Lipinski definition) is 9. The van der Waals surface area contributed by atoms with Crippen LogP contribution in [-0.2, 0) is 37.4 Å². The van der Waals surface area contributed by atoms with E-state index in [1.165, 1.54) is 35.5 Å². The van der Waals surface area contributed by atoms with E-state index in [0.717, 1.165) is 5.56 Å². The first-order chi connectivity index (χ1) is 20.7. The van der Waals surface area contributed by atoms with Crippen LogP contribution in [0.5, 0.6) is 11.5 Å². The van der Waals surface area contributed by atoms with E-state index in [-0.39, 0.29) is 49.7 Å². The van der Waals surface area contributed by atoms with Gasteiger partial charge < -0.3 is 28.8 Å². The Kier molecular flexibility index (Phi) is 9.65. The van der Waals surface area contributed by atoms with Crippen molar-refractivity contribution in [2.45, 2.75) is 31.8 Å². The van der Waals surface area contributed by atoms with Gasteiger partial charge in [-0.25, -0.2) is 8.42 Å². The summed E-state index contributed by atoms with van der Waals surface area (Å²) in [6.45, 7) is 6.39. The van der Waals surface area contributed by atoms with Crippen molar-refractivity contribution in [3.8, 4) is 11.5 Å². The van der Waals surface area contributed by atoms with Crippen molar-refractivity contribution in [3.05, 3.63) is 71.7 Å². The Balaban J connectivity index is 1.39. The van der Waals surface area contributed by atoms with Gasteiger partial charge in [-0.15, -0.1) is 0 Å². The van der Waals surface area contributed by atoms with Crippen molar-refractivity contribution >= 4 is 27.5 Å². The molecule has 3 heterocycles. The van der Waals surface area contributed by atoms with Gasteiger partial charge in [0.2, 0.25) is 28.6 Å². The highest BCUT2D eigenvalue weighted by atomic mass is 32.2. The lowest BCUT2D eigenvalue weighted by atomic mass is 10.2. The molecule has 43 heavy (non-hydrogen) atoms. The third-order valence-corrected chi connectivity index (χ3v) is 9.06. The summed E-state index contributed by atoms with van der Waals surface area (Å²) in [4.78, 5) is 29.1. The molecule has 5 rings (SSSR count). The standard InChI is InChI=1S/C30H36N4O8S/c1-22-3-7-26(42-22)19-33(18-24-4-10-28-29(17-24)41-21-40-28)30(36)20-34(12-11-32-13-15-39-16-14-32)43(37,38)27-8-5-25(6-9-27)31-23(2)35/h3-10,17H,11-16,18-21H2,1-2H3,(H,31,35). The number of carbonyl (C=O) groups excluding carboxylic acids is 2. The third-order valence-electron chi connectivity index (χ3n) is 7.20. The molecule has 0 saturated carbocycles. The molecule has 2 aliphatic rings. The number of carbonyl (C=O) groups is 2. The fourth-order valence-electron chi connectivity index (χ4n) is 4.93. The second-order valence-electron chi connectivity index (χ2n) is 10.4. The van der Waals surface area contributed by atoms with Crippen LogP contribution in [0.25, 0.3) is 0 Å². The van der Waals surface area contributed by atoms with E-state index in [4.69, 9.17) is 18.6 Å². The Morgan fingerprint density at radius 2 is 1.70 bits per heavy atom. The van der Waals surface area contributed by atoms with Crippen molar-refractivity contribution in [1.29, 1.82) is 0 Å². The molecule has 0 atom stereocenters. The van der Waals surface area contributed by atoms with Gasteiger partial charge in [-0.3, -0.25) is 14.5 Å². The molecular weight excluding hydrogens is 576 g/mol. The zero-order valence-corrected chi connectivity index (χ0v) is 25.1. The van der Waals surface area contributed by atoms with Crippen LogP contribution in [0, 0.1) is 6.92 Å². The number of ether oxygens (including phenoxy) is 3. The summed E-state index contributed by atoms with van der Waals surface area (Å²) in [6, 6.07) is 15.0. The Bertz CT molecular complexity index is 1530. The molecule has 12 nitrogen and oxygen atoms in total. The predicted molar refractivity (Wildman–Crippen MR) is 157 cm³/mol. The number of hydrogen-bond donors (Lipinski definition) is 1. The predicted octanol–water partition coefficient (Wildman–Crippen LogP) is 2.83. The van der Waals surface area contributed by atoms with Crippen molar-refractivity contribution in [3.63, 3.8) is 0 Å². The van der Waals surface area contributed by atoms with Gasteiger partial charge in [0, 0.05) is 45.3 Å². The van der Waals surface area contributed by atoms with E-state index >= 15 is 0 Å². The number of aryl methyl sites for hydroxylation is 1. The van der Waals surface area contributed by atoms with Crippen molar-refractivity contribution in [1.82, 2.24) is 14.1 Å². The number of anilines is 1. The van der Waals surface area contributed by atoms with Gasteiger partial charge in [-0.1, -0.05) is 6.07 Å². The first-order valence-corrected chi connectivity index (χ1v) is 15.5.